The fourth-order valence-electron chi connectivity index (χ4n) is 1.23. The zero-order valence-electron chi connectivity index (χ0n) is 9.62. The monoisotopic (exact) mass is 304 g/mol. The van der Waals surface area contributed by atoms with Gasteiger partial charge < -0.3 is 10.5 Å². The number of anilines is 2. The van der Waals surface area contributed by atoms with Crippen molar-refractivity contribution >= 4 is 32.2 Å². The van der Waals surface area contributed by atoms with Gasteiger partial charge in [-0.1, -0.05) is 11.3 Å². The molecule has 0 aliphatic rings. The highest BCUT2D eigenvalue weighted by atomic mass is 32.2. The number of nitrogen functional groups attached to an aromatic ring is 1. The maximum absolute atomic E-state index is 13.5. The lowest BCUT2D eigenvalue weighted by atomic mass is 10.3. The lowest BCUT2D eigenvalue weighted by Crippen LogP contribution is -2.13. The van der Waals surface area contributed by atoms with Gasteiger partial charge >= 0.3 is 0 Å². The number of sulfonamides is 1. The normalized spacial score (nSPS) is 11.3. The van der Waals surface area contributed by atoms with Crippen molar-refractivity contribution in [2.45, 2.75) is 4.34 Å². The van der Waals surface area contributed by atoms with Crippen molar-refractivity contribution in [3.05, 3.63) is 24.0 Å². The van der Waals surface area contributed by atoms with Gasteiger partial charge in [-0.15, -0.1) is 10.2 Å². The molecule has 0 fully saturated rings. The molecule has 3 N–H and O–H groups in total. The Kier molecular flexibility index (Phi) is 3.53. The lowest BCUT2D eigenvalue weighted by Gasteiger charge is -2.08. The second-order valence-corrected chi connectivity index (χ2v) is 6.22. The number of hydrogen-bond acceptors (Lipinski definition) is 7. The summed E-state index contributed by atoms with van der Waals surface area (Å²) in [4.78, 5) is 0. The van der Waals surface area contributed by atoms with E-state index in [9.17, 15) is 12.8 Å². The second kappa shape index (κ2) is 4.97. The first-order chi connectivity index (χ1) is 8.92. The molecule has 1 heterocycles. The van der Waals surface area contributed by atoms with Crippen molar-refractivity contribution in [3.63, 3.8) is 0 Å². The molecule has 0 saturated carbocycles. The molecule has 7 nitrogen and oxygen atoms in total. The van der Waals surface area contributed by atoms with E-state index in [1.165, 1.54) is 19.2 Å². The van der Waals surface area contributed by atoms with Crippen molar-refractivity contribution in [2.75, 3.05) is 17.6 Å². The minimum Gasteiger partial charge on any atom is -0.497 e. The molecule has 2 rings (SSSR count). The summed E-state index contributed by atoms with van der Waals surface area (Å²) in [5.74, 6) is -0.419. The Morgan fingerprint density at radius 1 is 1.42 bits per heavy atom. The summed E-state index contributed by atoms with van der Waals surface area (Å²) in [6.07, 6.45) is 0. The van der Waals surface area contributed by atoms with Gasteiger partial charge in [0.05, 0.1) is 12.8 Å². The first-order valence-corrected chi connectivity index (χ1v) is 7.17. The topological polar surface area (TPSA) is 107 Å². The predicted molar refractivity (Wildman–Crippen MR) is 68.1 cm³/mol. The van der Waals surface area contributed by atoms with Crippen molar-refractivity contribution in [1.82, 2.24) is 10.2 Å². The maximum atomic E-state index is 13.5. The quantitative estimate of drug-likeness (QED) is 0.875. The zero-order chi connectivity index (χ0) is 14.0. The molecule has 0 bridgehead atoms. The number of hydrogen-bond donors (Lipinski definition) is 2. The van der Waals surface area contributed by atoms with Crippen LogP contribution in [-0.2, 0) is 10.0 Å². The molecule has 102 valence electrons. The number of aromatic nitrogens is 2. The van der Waals surface area contributed by atoms with E-state index in [1.807, 2.05) is 0 Å². The summed E-state index contributed by atoms with van der Waals surface area (Å²) in [6, 6.07) is 3.68. The van der Waals surface area contributed by atoms with Crippen molar-refractivity contribution in [2.24, 2.45) is 0 Å². The van der Waals surface area contributed by atoms with E-state index in [4.69, 9.17) is 10.5 Å². The van der Waals surface area contributed by atoms with Gasteiger partial charge in [0.15, 0.2) is 0 Å². The average molecular weight is 304 g/mol. The Labute approximate surface area is 112 Å². The van der Waals surface area contributed by atoms with E-state index in [0.29, 0.717) is 17.1 Å². The fourth-order valence-corrected chi connectivity index (χ4v) is 3.07. The number of nitrogens with zero attached hydrogens (tertiary/aromatic N) is 2. The summed E-state index contributed by atoms with van der Waals surface area (Å²) in [7, 11) is -2.63. The van der Waals surface area contributed by atoms with Crippen LogP contribution >= 0.6 is 11.3 Å². The van der Waals surface area contributed by atoms with Crippen LogP contribution in [0.3, 0.4) is 0 Å². The first-order valence-electron chi connectivity index (χ1n) is 4.88. The summed E-state index contributed by atoms with van der Waals surface area (Å²) >= 11 is 0.681. The molecule has 1 aromatic heterocycles. The van der Waals surface area contributed by atoms with E-state index in [1.54, 1.807) is 0 Å². The van der Waals surface area contributed by atoms with Crippen LogP contribution in [-0.4, -0.2) is 25.7 Å². The van der Waals surface area contributed by atoms with Crippen LogP contribution in [0, 0.1) is 5.82 Å². The van der Waals surface area contributed by atoms with Crippen molar-refractivity contribution in [3.8, 4) is 5.75 Å². The van der Waals surface area contributed by atoms with Crippen LogP contribution in [0.4, 0.5) is 15.2 Å². The lowest BCUT2D eigenvalue weighted by molar-refractivity contribution is 0.414. The summed E-state index contributed by atoms with van der Waals surface area (Å²) in [6.45, 7) is 0. The number of halogens is 1. The highest BCUT2D eigenvalue weighted by Gasteiger charge is 2.21. The largest absolute Gasteiger partial charge is 0.497 e. The number of rotatable bonds is 4. The highest BCUT2D eigenvalue weighted by molar-refractivity contribution is 7.94. The number of ether oxygens (including phenoxy) is 1. The Hall–Kier alpha value is -1.94. The maximum Gasteiger partial charge on any atom is 0.291 e. The van der Waals surface area contributed by atoms with Gasteiger partial charge in [0.1, 0.15) is 11.6 Å². The molecule has 0 amide bonds. The van der Waals surface area contributed by atoms with Crippen LogP contribution in [0.25, 0.3) is 0 Å². The minimum atomic E-state index is -4.02. The molecular formula is C9H9FN4O3S2. The van der Waals surface area contributed by atoms with Crippen LogP contribution in [0.2, 0.25) is 0 Å². The third-order valence-corrected chi connectivity index (χ3v) is 4.56. The molecule has 0 unspecified atom stereocenters. The molecule has 0 aliphatic carbocycles. The SMILES string of the molecule is COc1ccc(F)c(NS(=O)(=O)c2nnc(N)s2)c1. The number of nitrogens with one attached hydrogen (secondary N) is 1. The Morgan fingerprint density at radius 3 is 2.74 bits per heavy atom. The van der Waals surface area contributed by atoms with Crippen molar-refractivity contribution in [1.29, 1.82) is 0 Å². The van der Waals surface area contributed by atoms with E-state index in [-0.39, 0.29) is 15.2 Å². The zero-order valence-corrected chi connectivity index (χ0v) is 11.3. The summed E-state index contributed by atoms with van der Waals surface area (Å²) in [5, 5.41) is 6.79. The van der Waals surface area contributed by atoms with E-state index < -0.39 is 15.8 Å². The highest BCUT2D eigenvalue weighted by Crippen LogP contribution is 2.25. The molecule has 0 saturated heterocycles. The van der Waals surface area contributed by atoms with Gasteiger partial charge in [-0.05, 0) is 12.1 Å². The Bertz CT molecular complexity index is 701. The van der Waals surface area contributed by atoms with Gasteiger partial charge in [0.25, 0.3) is 14.4 Å². The number of nitrogens with two attached hydrogens (primary N) is 1. The average Bonchev–Trinajstić information content (AvgIpc) is 2.79. The molecule has 1 aromatic carbocycles. The molecule has 19 heavy (non-hydrogen) atoms. The van der Waals surface area contributed by atoms with E-state index >= 15 is 0 Å². The summed E-state index contributed by atoms with van der Waals surface area (Å²) in [5.41, 5.74) is 5.06. The third-order valence-electron chi connectivity index (χ3n) is 2.07. The molecular weight excluding hydrogens is 295 g/mol. The van der Waals surface area contributed by atoms with E-state index in [2.05, 4.69) is 14.9 Å². The smallest absolute Gasteiger partial charge is 0.291 e. The fraction of sp³-hybridized carbons (Fsp3) is 0.111. The minimum absolute atomic E-state index is 0.00601. The van der Waals surface area contributed by atoms with Gasteiger partial charge in [0, 0.05) is 6.07 Å². The standard InChI is InChI=1S/C9H9FN4O3S2/c1-17-5-2-3-6(10)7(4-5)14-19(15,16)9-13-12-8(11)18-9/h2-4,14H,1H3,(H2,11,12). The van der Waals surface area contributed by atoms with E-state index in [0.717, 1.165) is 6.07 Å². The van der Waals surface area contributed by atoms with Crippen LogP contribution in [0.15, 0.2) is 22.5 Å². The molecule has 0 radical (unpaired) electrons. The van der Waals surface area contributed by atoms with Crippen LogP contribution in [0.1, 0.15) is 0 Å². The number of benzene rings is 1. The van der Waals surface area contributed by atoms with Gasteiger partial charge in [-0.25, -0.2) is 4.39 Å². The molecule has 10 heteroatoms. The van der Waals surface area contributed by atoms with Crippen molar-refractivity contribution < 1.29 is 17.5 Å². The molecule has 0 atom stereocenters. The second-order valence-electron chi connectivity index (χ2n) is 3.36. The molecule has 0 spiro atoms. The third kappa shape index (κ3) is 2.90. The van der Waals surface area contributed by atoms with Gasteiger partial charge in [-0.3, -0.25) is 4.72 Å². The Balaban J connectivity index is 2.35. The first kappa shape index (κ1) is 13.5. The van der Waals surface area contributed by atoms with Crippen LogP contribution < -0.4 is 15.2 Å². The number of methoxy groups -OCH3 is 1. The molecule has 2 aromatic rings. The van der Waals surface area contributed by atoms with Crippen LogP contribution in [0.5, 0.6) is 5.75 Å². The summed E-state index contributed by atoms with van der Waals surface area (Å²) < 4.78 is 43.9. The Morgan fingerprint density at radius 2 is 2.16 bits per heavy atom. The van der Waals surface area contributed by atoms with Gasteiger partial charge in [0.2, 0.25) is 5.13 Å². The predicted octanol–water partition coefficient (Wildman–Crippen LogP) is 1.07. The molecule has 0 aliphatic heterocycles. The van der Waals surface area contributed by atoms with Gasteiger partial charge in [-0.2, -0.15) is 8.42 Å².